The van der Waals surface area contributed by atoms with Gasteiger partial charge in [0, 0.05) is 24.9 Å². The van der Waals surface area contributed by atoms with Crippen LogP contribution in [0.4, 0.5) is 0 Å². The molecule has 162 valence electrons. The molecule has 0 aliphatic rings. The average Bonchev–Trinajstić information content (AvgIpc) is 3.17. The van der Waals surface area contributed by atoms with Crippen LogP contribution in [0.15, 0.2) is 42.6 Å². The first-order valence-corrected chi connectivity index (χ1v) is 9.42. The number of carboxylic acids is 1. The molecule has 0 radical (unpaired) electrons. The first-order valence-electron chi connectivity index (χ1n) is 9.42. The average molecular weight is 425 g/mol. The summed E-state index contributed by atoms with van der Waals surface area (Å²) in [5, 5.41) is 19.9. The summed E-state index contributed by atoms with van der Waals surface area (Å²) in [6, 6.07) is 10.3. The number of hydrogen-bond acceptors (Lipinski definition) is 7. The number of carbonyl (C=O) groups is 2. The van der Waals surface area contributed by atoms with Gasteiger partial charge in [-0.05, 0) is 43.7 Å². The van der Waals surface area contributed by atoms with Gasteiger partial charge in [-0.1, -0.05) is 11.3 Å². The molecular weight excluding hydrogens is 402 g/mol. The standard InChI is InChI=1S/C21H23N5O5/c1-21(2,20(29)22-3)31-15-8-6-14(7-9-15)18-17(19(27)28)24-25-26(18)12-13-5-10-16(30-4)23-11-13/h5-11H,12H2,1-4H3,(H,22,29)(H,27,28). The molecule has 0 saturated carbocycles. The summed E-state index contributed by atoms with van der Waals surface area (Å²) in [7, 11) is 3.07. The Hall–Kier alpha value is -3.95. The third-order valence-corrected chi connectivity index (χ3v) is 4.55. The Morgan fingerprint density at radius 2 is 1.87 bits per heavy atom. The second-order valence-corrected chi connectivity index (χ2v) is 7.17. The predicted octanol–water partition coefficient (Wildman–Crippen LogP) is 2.00. The van der Waals surface area contributed by atoms with Crippen molar-refractivity contribution in [3.8, 4) is 22.9 Å². The first kappa shape index (κ1) is 21.8. The minimum Gasteiger partial charge on any atom is -0.481 e. The Labute approximate surface area is 178 Å². The zero-order valence-corrected chi connectivity index (χ0v) is 17.6. The molecule has 0 unspecified atom stereocenters. The van der Waals surface area contributed by atoms with Gasteiger partial charge in [-0.2, -0.15) is 0 Å². The fourth-order valence-electron chi connectivity index (χ4n) is 2.97. The van der Waals surface area contributed by atoms with E-state index in [0.29, 0.717) is 22.9 Å². The zero-order valence-electron chi connectivity index (χ0n) is 17.6. The van der Waals surface area contributed by atoms with Gasteiger partial charge in [0.1, 0.15) is 11.4 Å². The van der Waals surface area contributed by atoms with Crippen LogP contribution in [0, 0.1) is 0 Å². The molecule has 10 heteroatoms. The maximum Gasteiger partial charge on any atom is 0.358 e. The second-order valence-electron chi connectivity index (χ2n) is 7.17. The highest BCUT2D eigenvalue weighted by Gasteiger charge is 2.29. The number of ether oxygens (including phenoxy) is 2. The van der Waals surface area contributed by atoms with Crippen molar-refractivity contribution in [2.24, 2.45) is 0 Å². The van der Waals surface area contributed by atoms with E-state index in [9.17, 15) is 14.7 Å². The van der Waals surface area contributed by atoms with E-state index in [1.54, 1.807) is 50.4 Å². The predicted molar refractivity (Wildman–Crippen MR) is 111 cm³/mol. The number of aromatic nitrogens is 4. The van der Waals surface area contributed by atoms with Gasteiger partial charge < -0.3 is 19.9 Å². The van der Waals surface area contributed by atoms with Crippen molar-refractivity contribution in [2.45, 2.75) is 26.0 Å². The van der Waals surface area contributed by atoms with Crippen molar-refractivity contribution >= 4 is 11.9 Å². The molecule has 2 N–H and O–H groups in total. The van der Waals surface area contributed by atoms with Gasteiger partial charge in [0.15, 0.2) is 11.3 Å². The molecule has 0 saturated heterocycles. The third-order valence-electron chi connectivity index (χ3n) is 4.55. The van der Waals surface area contributed by atoms with E-state index < -0.39 is 11.6 Å². The van der Waals surface area contributed by atoms with E-state index in [0.717, 1.165) is 5.56 Å². The quantitative estimate of drug-likeness (QED) is 0.561. The molecule has 0 atom stereocenters. The fraction of sp³-hybridized carbons (Fsp3) is 0.286. The molecule has 0 bridgehead atoms. The zero-order chi connectivity index (χ0) is 22.6. The number of likely N-dealkylation sites (N-methyl/N-ethyl adjacent to an activating group) is 1. The summed E-state index contributed by atoms with van der Waals surface area (Å²) in [6.45, 7) is 3.59. The first-order chi connectivity index (χ1) is 14.7. The maximum absolute atomic E-state index is 11.9. The van der Waals surface area contributed by atoms with Gasteiger partial charge in [-0.15, -0.1) is 5.10 Å². The highest BCUT2D eigenvalue weighted by molar-refractivity contribution is 5.92. The Balaban J connectivity index is 1.91. The molecule has 0 spiro atoms. The topological polar surface area (TPSA) is 128 Å². The number of rotatable bonds is 8. The number of hydrogen-bond donors (Lipinski definition) is 2. The van der Waals surface area contributed by atoms with Crippen LogP contribution in [0.1, 0.15) is 29.9 Å². The lowest BCUT2D eigenvalue weighted by Gasteiger charge is -2.24. The number of nitrogens with zero attached hydrogens (tertiary/aromatic N) is 4. The molecule has 2 aromatic heterocycles. The molecule has 2 heterocycles. The summed E-state index contributed by atoms with van der Waals surface area (Å²) in [5.74, 6) is -0.507. The normalized spacial score (nSPS) is 11.1. The Kier molecular flexibility index (Phi) is 6.19. The minimum atomic E-state index is -1.19. The Morgan fingerprint density at radius 3 is 2.42 bits per heavy atom. The summed E-state index contributed by atoms with van der Waals surface area (Å²) >= 11 is 0. The molecule has 0 aliphatic carbocycles. The van der Waals surface area contributed by atoms with Gasteiger partial charge in [-0.25, -0.2) is 14.5 Å². The molecule has 31 heavy (non-hydrogen) atoms. The fourth-order valence-corrected chi connectivity index (χ4v) is 2.97. The molecule has 3 rings (SSSR count). The highest BCUT2D eigenvalue weighted by Crippen LogP contribution is 2.27. The van der Waals surface area contributed by atoms with Gasteiger partial charge >= 0.3 is 5.97 Å². The number of benzene rings is 1. The molecule has 0 fully saturated rings. The van der Waals surface area contributed by atoms with Crippen LogP contribution in [-0.2, 0) is 11.3 Å². The summed E-state index contributed by atoms with van der Waals surface area (Å²) in [4.78, 5) is 27.8. The van der Waals surface area contributed by atoms with E-state index in [-0.39, 0.29) is 18.1 Å². The molecule has 3 aromatic rings. The number of aromatic carboxylic acids is 1. The molecular formula is C21H23N5O5. The second kappa shape index (κ2) is 8.82. The van der Waals surface area contributed by atoms with E-state index in [4.69, 9.17) is 9.47 Å². The van der Waals surface area contributed by atoms with Crippen LogP contribution < -0.4 is 14.8 Å². The number of pyridine rings is 1. The smallest absolute Gasteiger partial charge is 0.358 e. The van der Waals surface area contributed by atoms with E-state index in [1.807, 2.05) is 6.07 Å². The van der Waals surface area contributed by atoms with Gasteiger partial charge in [-0.3, -0.25) is 4.79 Å². The van der Waals surface area contributed by atoms with Crippen LogP contribution >= 0.6 is 0 Å². The molecule has 0 aliphatic heterocycles. The number of methoxy groups -OCH3 is 1. The van der Waals surface area contributed by atoms with Gasteiger partial charge in [0.05, 0.1) is 13.7 Å². The molecule has 1 aromatic carbocycles. The van der Waals surface area contributed by atoms with Crippen LogP contribution in [0.25, 0.3) is 11.3 Å². The van der Waals surface area contributed by atoms with Gasteiger partial charge in [0.25, 0.3) is 5.91 Å². The van der Waals surface area contributed by atoms with Crippen molar-refractivity contribution in [3.05, 3.63) is 53.9 Å². The van der Waals surface area contributed by atoms with Crippen molar-refractivity contribution in [3.63, 3.8) is 0 Å². The van der Waals surface area contributed by atoms with Crippen LogP contribution in [0.5, 0.6) is 11.6 Å². The van der Waals surface area contributed by atoms with Crippen molar-refractivity contribution in [2.75, 3.05) is 14.2 Å². The van der Waals surface area contributed by atoms with Crippen molar-refractivity contribution in [1.29, 1.82) is 0 Å². The lowest BCUT2D eigenvalue weighted by molar-refractivity contribution is -0.133. The lowest BCUT2D eigenvalue weighted by atomic mass is 10.1. The molecule has 1 amide bonds. The van der Waals surface area contributed by atoms with Crippen molar-refractivity contribution < 1.29 is 24.2 Å². The minimum absolute atomic E-state index is 0.166. The summed E-state index contributed by atoms with van der Waals surface area (Å²) in [5.41, 5.74) is 0.513. The Morgan fingerprint density at radius 1 is 1.16 bits per heavy atom. The van der Waals surface area contributed by atoms with E-state index in [2.05, 4.69) is 20.6 Å². The van der Waals surface area contributed by atoms with Crippen LogP contribution in [0.3, 0.4) is 0 Å². The largest absolute Gasteiger partial charge is 0.481 e. The monoisotopic (exact) mass is 425 g/mol. The maximum atomic E-state index is 11.9. The van der Waals surface area contributed by atoms with Crippen LogP contribution in [-0.4, -0.2) is 56.7 Å². The van der Waals surface area contributed by atoms with E-state index in [1.165, 1.54) is 18.8 Å². The van der Waals surface area contributed by atoms with Crippen molar-refractivity contribution in [1.82, 2.24) is 25.3 Å². The number of carboxylic acid groups (broad SMARTS) is 1. The number of carbonyl (C=O) groups excluding carboxylic acids is 1. The third kappa shape index (κ3) is 4.80. The van der Waals surface area contributed by atoms with Gasteiger partial charge in [0.2, 0.25) is 5.88 Å². The highest BCUT2D eigenvalue weighted by atomic mass is 16.5. The SMILES string of the molecule is CNC(=O)C(C)(C)Oc1ccc(-c2c(C(=O)O)nnn2Cc2ccc(OC)nc2)cc1. The molecule has 10 nitrogen and oxygen atoms in total. The summed E-state index contributed by atoms with van der Waals surface area (Å²) in [6.07, 6.45) is 1.63. The Bertz CT molecular complexity index is 1070. The summed E-state index contributed by atoms with van der Waals surface area (Å²) < 4.78 is 12.3. The van der Waals surface area contributed by atoms with Crippen LogP contribution in [0.2, 0.25) is 0 Å². The number of amides is 1. The van der Waals surface area contributed by atoms with E-state index >= 15 is 0 Å². The number of nitrogens with one attached hydrogen (secondary N) is 1. The lowest BCUT2D eigenvalue weighted by Crippen LogP contribution is -2.45.